The van der Waals surface area contributed by atoms with Gasteiger partial charge in [-0.2, -0.15) is 0 Å². The number of hydrogen-bond donors (Lipinski definition) is 0. The van der Waals surface area contributed by atoms with E-state index in [2.05, 4.69) is 0 Å². The fraction of sp³-hybridized carbons (Fsp3) is 0.409. The molecule has 0 N–H and O–H groups in total. The quantitative estimate of drug-likeness (QED) is 0.564. The first-order valence-corrected chi connectivity index (χ1v) is 9.24. The van der Waals surface area contributed by atoms with Crippen LogP contribution < -0.4 is 0 Å². The lowest BCUT2D eigenvalue weighted by molar-refractivity contribution is -0.145. The number of Topliss-reactive ketones (excluding diaryl/α,β-unsaturated/α-hetero) is 1. The van der Waals surface area contributed by atoms with Gasteiger partial charge >= 0.3 is 5.97 Å². The van der Waals surface area contributed by atoms with Crippen molar-refractivity contribution in [3.63, 3.8) is 0 Å². The molecule has 0 radical (unpaired) electrons. The van der Waals surface area contributed by atoms with Crippen LogP contribution in [0.3, 0.4) is 0 Å². The van der Waals surface area contributed by atoms with Crippen molar-refractivity contribution in [1.29, 1.82) is 0 Å². The molecule has 0 bridgehead atoms. The molecular formula is C22H28N2O4. The van der Waals surface area contributed by atoms with E-state index >= 15 is 0 Å². The first-order valence-electron chi connectivity index (χ1n) is 9.24. The van der Waals surface area contributed by atoms with Gasteiger partial charge in [0.05, 0.1) is 0 Å². The van der Waals surface area contributed by atoms with Crippen LogP contribution in [0.5, 0.6) is 0 Å². The maximum Gasteiger partial charge on any atom is 0.355 e. The Labute approximate surface area is 166 Å². The number of esters is 1. The molecule has 0 aliphatic carbocycles. The molecule has 6 nitrogen and oxygen atoms in total. The number of carbonyl (C=O) groups excluding carboxylic acids is 3. The molecule has 6 heteroatoms. The molecule has 0 aliphatic rings. The minimum atomic E-state index is -0.953. The molecule has 1 amide bonds. The Morgan fingerprint density at radius 1 is 1.14 bits per heavy atom. The summed E-state index contributed by atoms with van der Waals surface area (Å²) in [6, 6.07) is 11.2. The molecular weight excluding hydrogens is 356 g/mol. The molecule has 1 aromatic heterocycles. The predicted molar refractivity (Wildman–Crippen MR) is 107 cm³/mol. The average Bonchev–Trinajstić information content (AvgIpc) is 3.01. The number of nitrogens with zero attached hydrogens (tertiary/aromatic N) is 2. The Morgan fingerprint density at radius 3 is 2.25 bits per heavy atom. The number of amides is 1. The van der Waals surface area contributed by atoms with E-state index in [4.69, 9.17) is 4.74 Å². The van der Waals surface area contributed by atoms with E-state index in [0.29, 0.717) is 12.1 Å². The second-order valence-electron chi connectivity index (χ2n) is 7.91. The highest BCUT2D eigenvalue weighted by atomic mass is 16.5. The second-order valence-corrected chi connectivity index (χ2v) is 7.91. The van der Waals surface area contributed by atoms with Crippen LogP contribution in [-0.2, 0) is 23.1 Å². The van der Waals surface area contributed by atoms with Crippen molar-refractivity contribution in [1.82, 2.24) is 9.47 Å². The van der Waals surface area contributed by atoms with Crippen molar-refractivity contribution in [3.8, 4) is 0 Å². The third-order valence-corrected chi connectivity index (χ3v) is 4.51. The van der Waals surface area contributed by atoms with Gasteiger partial charge in [0.1, 0.15) is 5.69 Å². The van der Waals surface area contributed by atoms with E-state index in [1.165, 1.54) is 17.6 Å². The number of ketones is 1. The van der Waals surface area contributed by atoms with E-state index in [1.54, 1.807) is 25.1 Å². The SMILES string of the molecule is CC(=O)c1cc(C(=O)O[C@@H](C)C(=O)N(Cc2ccccc2)C(C)(C)C)n(C)c1. The molecule has 0 saturated heterocycles. The van der Waals surface area contributed by atoms with Crippen LogP contribution in [0.15, 0.2) is 42.6 Å². The number of aromatic nitrogens is 1. The summed E-state index contributed by atoms with van der Waals surface area (Å²) in [6.07, 6.45) is 0.619. The van der Waals surface area contributed by atoms with Crippen LogP contribution in [0.25, 0.3) is 0 Å². The zero-order valence-corrected chi connectivity index (χ0v) is 17.4. The molecule has 0 fully saturated rings. The highest BCUT2D eigenvalue weighted by molar-refractivity contribution is 5.98. The normalized spacial score (nSPS) is 12.4. The first kappa shape index (κ1) is 21.4. The predicted octanol–water partition coefficient (Wildman–Crippen LogP) is 3.60. The molecule has 0 unspecified atom stereocenters. The van der Waals surface area contributed by atoms with Crippen molar-refractivity contribution in [2.75, 3.05) is 0 Å². The lowest BCUT2D eigenvalue weighted by atomic mass is 10.0. The molecule has 1 heterocycles. The van der Waals surface area contributed by atoms with Gasteiger partial charge in [-0.25, -0.2) is 4.79 Å². The average molecular weight is 384 g/mol. The van der Waals surface area contributed by atoms with E-state index in [-0.39, 0.29) is 17.4 Å². The zero-order valence-electron chi connectivity index (χ0n) is 17.4. The topological polar surface area (TPSA) is 68.6 Å². The number of hydrogen-bond acceptors (Lipinski definition) is 4. The van der Waals surface area contributed by atoms with Gasteiger partial charge in [-0.15, -0.1) is 0 Å². The van der Waals surface area contributed by atoms with Crippen molar-refractivity contribution >= 4 is 17.7 Å². The van der Waals surface area contributed by atoms with Gasteiger partial charge in [-0.1, -0.05) is 30.3 Å². The van der Waals surface area contributed by atoms with Crippen LogP contribution >= 0.6 is 0 Å². The van der Waals surface area contributed by atoms with Gasteiger partial charge in [0.25, 0.3) is 5.91 Å². The van der Waals surface area contributed by atoms with Crippen LogP contribution in [-0.4, -0.2) is 38.8 Å². The fourth-order valence-corrected chi connectivity index (χ4v) is 2.86. The van der Waals surface area contributed by atoms with Gasteiger partial charge in [-0.3, -0.25) is 9.59 Å². The van der Waals surface area contributed by atoms with Gasteiger partial charge in [0.15, 0.2) is 11.9 Å². The number of aryl methyl sites for hydroxylation is 1. The van der Waals surface area contributed by atoms with Gasteiger partial charge in [0.2, 0.25) is 0 Å². The summed E-state index contributed by atoms with van der Waals surface area (Å²) in [4.78, 5) is 38.8. The van der Waals surface area contributed by atoms with Crippen molar-refractivity contribution in [2.45, 2.75) is 52.8 Å². The fourth-order valence-electron chi connectivity index (χ4n) is 2.86. The molecule has 0 spiro atoms. The van der Waals surface area contributed by atoms with Gasteiger partial charge in [-0.05, 0) is 46.2 Å². The highest BCUT2D eigenvalue weighted by Gasteiger charge is 2.32. The van der Waals surface area contributed by atoms with Crippen molar-refractivity contribution < 1.29 is 19.1 Å². The molecule has 1 atom stereocenters. The van der Waals surface area contributed by atoms with E-state index in [9.17, 15) is 14.4 Å². The van der Waals surface area contributed by atoms with Crippen LogP contribution in [0.2, 0.25) is 0 Å². The Bertz CT molecular complexity index is 862. The molecule has 0 aliphatic heterocycles. The summed E-state index contributed by atoms with van der Waals surface area (Å²) in [5, 5.41) is 0. The molecule has 1 aromatic carbocycles. The third-order valence-electron chi connectivity index (χ3n) is 4.51. The van der Waals surface area contributed by atoms with Gasteiger partial charge in [0, 0.05) is 30.9 Å². The summed E-state index contributed by atoms with van der Waals surface area (Å²) in [5.74, 6) is -1.05. The van der Waals surface area contributed by atoms with Crippen molar-refractivity contribution in [3.05, 3.63) is 59.4 Å². The monoisotopic (exact) mass is 384 g/mol. The number of benzene rings is 1. The smallest absolute Gasteiger partial charge is 0.355 e. The van der Waals surface area contributed by atoms with E-state index in [0.717, 1.165) is 5.56 Å². The summed E-state index contributed by atoms with van der Waals surface area (Å²) < 4.78 is 6.95. The van der Waals surface area contributed by atoms with Gasteiger partial charge < -0.3 is 14.2 Å². The summed E-state index contributed by atoms with van der Waals surface area (Å²) in [5.41, 5.74) is 1.21. The summed E-state index contributed by atoms with van der Waals surface area (Å²) in [6.45, 7) is 9.25. The Kier molecular flexibility index (Phi) is 6.44. The van der Waals surface area contributed by atoms with Crippen LogP contribution in [0.1, 0.15) is 61.0 Å². The minimum absolute atomic E-state index is 0.138. The second kappa shape index (κ2) is 8.42. The Hall–Kier alpha value is -2.89. The van der Waals surface area contributed by atoms with E-state index in [1.807, 2.05) is 51.1 Å². The largest absolute Gasteiger partial charge is 0.448 e. The summed E-state index contributed by atoms with van der Waals surface area (Å²) >= 11 is 0. The first-order chi connectivity index (χ1) is 13.0. The minimum Gasteiger partial charge on any atom is -0.448 e. The number of carbonyl (C=O) groups is 3. The third kappa shape index (κ3) is 5.09. The van der Waals surface area contributed by atoms with Crippen LogP contribution in [0.4, 0.5) is 0 Å². The van der Waals surface area contributed by atoms with Crippen LogP contribution in [0, 0.1) is 0 Å². The maximum absolute atomic E-state index is 13.0. The maximum atomic E-state index is 13.0. The molecule has 2 aromatic rings. The molecule has 28 heavy (non-hydrogen) atoms. The lowest BCUT2D eigenvalue weighted by Gasteiger charge is -2.37. The molecule has 0 saturated carbocycles. The standard InChI is InChI=1S/C22H28N2O4/c1-15(25)18-12-19(23(6)14-18)21(27)28-16(2)20(26)24(22(3,4)5)13-17-10-8-7-9-11-17/h7-12,14,16H,13H2,1-6H3/t16-/m0/s1. The number of ether oxygens (including phenoxy) is 1. The van der Waals surface area contributed by atoms with E-state index < -0.39 is 17.6 Å². The lowest BCUT2D eigenvalue weighted by Crippen LogP contribution is -2.49. The zero-order chi connectivity index (χ0) is 21.1. The Morgan fingerprint density at radius 2 is 1.75 bits per heavy atom. The number of rotatable bonds is 6. The van der Waals surface area contributed by atoms with Crippen molar-refractivity contribution in [2.24, 2.45) is 7.05 Å². The highest BCUT2D eigenvalue weighted by Crippen LogP contribution is 2.20. The molecule has 2 rings (SSSR count). The Balaban J connectivity index is 2.16. The summed E-state index contributed by atoms with van der Waals surface area (Å²) in [7, 11) is 1.66. The molecule has 150 valence electrons.